The molecule has 3 fully saturated rings. The molecule has 1 aromatic rings. The predicted molar refractivity (Wildman–Crippen MR) is 96.8 cm³/mol. The first kappa shape index (κ1) is 16.1. The number of carbonyl (C=O) groups excluding carboxylic acids is 1. The summed E-state index contributed by atoms with van der Waals surface area (Å²) in [4.78, 5) is 15.4. The van der Waals surface area contributed by atoms with E-state index in [2.05, 4.69) is 40.5 Å². The van der Waals surface area contributed by atoms with E-state index in [-0.39, 0.29) is 5.41 Å². The van der Waals surface area contributed by atoms with Gasteiger partial charge in [-0.1, -0.05) is 36.8 Å². The molecule has 2 saturated carbocycles. The number of hydrogen-bond donors (Lipinski definition) is 1. The molecule has 1 aliphatic heterocycles. The van der Waals surface area contributed by atoms with E-state index in [0.29, 0.717) is 11.9 Å². The average molecular weight is 326 g/mol. The summed E-state index contributed by atoms with van der Waals surface area (Å²) in [6, 6.07) is 11.2. The Morgan fingerprint density at radius 1 is 1.08 bits per heavy atom. The normalized spacial score (nSPS) is 23.8. The number of carbonyl (C=O) groups is 1. The molecule has 0 unspecified atom stereocenters. The van der Waals surface area contributed by atoms with Crippen LogP contribution >= 0.6 is 0 Å². The third kappa shape index (κ3) is 3.51. The van der Waals surface area contributed by atoms with Crippen molar-refractivity contribution in [3.63, 3.8) is 0 Å². The maximum absolute atomic E-state index is 13.2. The van der Waals surface area contributed by atoms with Crippen LogP contribution in [0.3, 0.4) is 0 Å². The van der Waals surface area contributed by atoms with E-state index >= 15 is 0 Å². The van der Waals surface area contributed by atoms with Gasteiger partial charge in [-0.05, 0) is 63.0 Å². The quantitative estimate of drug-likeness (QED) is 0.869. The van der Waals surface area contributed by atoms with Gasteiger partial charge in [-0.3, -0.25) is 4.79 Å². The van der Waals surface area contributed by atoms with Crippen molar-refractivity contribution in [1.29, 1.82) is 0 Å². The molecule has 3 heteroatoms. The van der Waals surface area contributed by atoms with Crippen LogP contribution in [0, 0.1) is 11.3 Å². The van der Waals surface area contributed by atoms with Gasteiger partial charge < -0.3 is 10.2 Å². The van der Waals surface area contributed by atoms with Gasteiger partial charge in [-0.2, -0.15) is 0 Å². The fraction of sp³-hybridized carbons (Fsp3) is 0.667. The molecule has 0 bridgehead atoms. The van der Waals surface area contributed by atoms with Crippen molar-refractivity contribution in [2.75, 3.05) is 19.6 Å². The molecule has 3 aliphatic rings. The van der Waals surface area contributed by atoms with Crippen molar-refractivity contribution in [2.45, 2.75) is 57.4 Å². The Morgan fingerprint density at radius 3 is 2.38 bits per heavy atom. The number of likely N-dealkylation sites (tertiary alicyclic amines) is 1. The van der Waals surface area contributed by atoms with Gasteiger partial charge in [-0.25, -0.2) is 0 Å². The van der Waals surface area contributed by atoms with Crippen LogP contribution in [0.4, 0.5) is 0 Å². The molecule has 1 amide bonds. The number of amides is 1. The molecule has 130 valence electrons. The topological polar surface area (TPSA) is 32.3 Å². The molecule has 0 spiro atoms. The first-order chi connectivity index (χ1) is 11.8. The molecule has 1 saturated heterocycles. The number of rotatable bonds is 6. The van der Waals surface area contributed by atoms with E-state index < -0.39 is 0 Å². The summed E-state index contributed by atoms with van der Waals surface area (Å²) >= 11 is 0. The Labute approximate surface area is 145 Å². The van der Waals surface area contributed by atoms with Crippen LogP contribution in [0.15, 0.2) is 30.3 Å². The second-order valence-electron chi connectivity index (χ2n) is 8.21. The minimum atomic E-state index is -0.102. The smallest absolute Gasteiger partial charge is 0.229 e. The molecule has 2 aliphatic carbocycles. The van der Waals surface area contributed by atoms with Gasteiger partial charge >= 0.3 is 0 Å². The molecule has 0 atom stereocenters. The zero-order valence-electron chi connectivity index (χ0n) is 14.7. The summed E-state index contributed by atoms with van der Waals surface area (Å²) in [5, 5.41) is 3.71. The van der Waals surface area contributed by atoms with Crippen LogP contribution < -0.4 is 5.32 Å². The highest BCUT2D eigenvalue weighted by molar-refractivity contribution is 5.84. The van der Waals surface area contributed by atoms with E-state index in [1.807, 2.05) is 0 Å². The lowest BCUT2D eigenvalue weighted by molar-refractivity contribution is -0.148. The van der Waals surface area contributed by atoms with Crippen LogP contribution in [0.1, 0.15) is 50.5 Å². The lowest BCUT2D eigenvalue weighted by Crippen LogP contribution is -2.53. The molecule has 1 aromatic carbocycles. The maximum atomic E-state index is 13.2. The fourth-order valence-corrected chi connectivity index (χ4v) is 4.33. The summed E-state index contributed by atoms with van der Waals surface area (Å²) in [7, 11) is 0. The highest BCUT2D eigenvalue weighted by Crippen LogP contribution is 2.45. The summed E-state index contributed by atoms with van der Waals surface area (Å²) in [6.07, 6.45) is 9.34. The van der Waals surface area contributed by atoms with E-state index in [4.69, 9.17) is 0 Å². The Morgan fingerprint density at radius 2 is 1.79 bits per heavy atom. The molecule has 0 aromatic heterocycles. The molecule has 0 radical (unpaired) electrons. The van der Waals surface area contributed by atoms with Crippen molar-refractivity contribution >= 4 is 5.91 Å². The minimum absolute atomic E-state index is 0.102. The first-order valence-corrected chi connectivity index (χ1v) is 9.82. The average Bonchev–Trinajstić information content (AvgIpc) is 3.41. The number of nitrogens with one attached hydrogen (secondary N) is 1. The van der Waals surface area contributed by atoms with Crippen LogP contribution in [-0.4, -0.2) is 36.5 Å². The number of piperidine rings is 1. The van der Waals surface area contributed by atoms with Crippen LogP contribution in [0.2, 0.25) is 0 Å². The highest BCUT2D eigenvalue weighted by atomic mass is 16.2. The Bertz CT molecular complexity index is 554. The summed E-state index contributed by atoms with van der Waals surface area (Å²) < 4.78 is 0. The zero-order valence-corrected chi connectivity index (χ0v) is 14.7. The predicted octanol–water partition coefficient (Wildman–Crippen LogP) is 3.39. The van der Waals surface area contributed by atoms with Crippen LogP contribution in [0.5, 0.6) is 0 Å². The van der Waals surface area contributed by atoms with Gasteiger partial charge in [-0.15, -0.1) is 0 Å². The minimum Gasteiger partial charge on any atom is -0.342 e. The molecule has 24 heavy (non-hydrogen) atoms. The number of benzene rings is 1. The highest BCUT2D eigenvalue weighted by Gasteiger charge is 2.46. The first-order valence-electron chi connectivity index (χ1n) is 9.82. The van der Waals surface area contributed by atoms with Gasteiger partial charge in [0.25, 0.3) is 0 Å². The SMILES string of the molecule is O=C(N1CCC(NCC2CC2)CC1)C1(Cc2ccccc2)CCC1. The van der Waals surface area contributed by atoms with Crippen molar-refractivity contribution in [1.82, 2.24) is 10.2 Å². The second kappa shape index (κ2) is 6.87. The summed E-state index contributed by atoms with van der Waals surface area (Å²) in [6.45, 7) is 3.08. The van der Waals surface area contributed by atoms with E-state index in [1.54, 1.807) is 0 Å². The molecule has 1 N–H and O–H groups in total. The van der Waals surface area contributed by atoms with Gasteiger partial charge in [0.15, 0.2) is 0 Å². The number of nitrogens with zero attached hydrogens (tertiary/aromatic N) is 1. The maximum Gasteiger partial charge on any atom is 0.229 e. The van der Waals surface area contributed by atoms with Crippen molar-refractivity contribution in [3.8, 4) is 0 Å². The molecule has 3 nitrogen and oxygen atoms in total. The second-order valence-corrected chi connectivity index (χ2v) is 8.21. The Kier molecular flexibility index (Phi) is 4.62. The molecular weight excluding hydrogens is 296 g/mol. The van der Waals surface area contributed by atoms with Gasteiger partial charge in [0, 0.05) is 19.1 Å². The van der Waals surface area contributed by atoms with Gasteiger partial charge in [0.1, 0.15) is 0 Å². The van der Waals surface area contributed by atoms with Gasteiger partial charge in [0.05, 0.1) is 5.41 Å². The molecular formula is C21H30N2O. The lowest BCUT2D eigenvalue weighted by Gasteiger charge is -2.45. The van der Waals surface area contributed by atoms with Crippen molar-refractivity contribution in [2.24, 2.45) is 11.3 Å². The third-order valence-electron chi connectivity index (χ3n) is 6.32. The Hall–Kier alpha value is -1.35. The van der Waals surface area contributed by atoms with Gasteiger partial charge in [0.2, 0.25) is 5.91 Å². The Balaban J connectivity index is 1.32. The van der Waals surface area contributed by atoms with Crippen LogP contribution in [0.25, 0.3) is 0 Å². The van der Waals surface area contributed by atoms with Crippen LogP contribution in [-0.2, 0) is 11.2 Å². The van der Waals surface area contributed by atoms with E-state index in [0.717, 1.165) is 51.1 Å². The molecule has 4 rings (SSSR count). The van der Waals surface area contributed by atoms with E-state index in [1.165, 1.54) is 31.4 Å². The van der Waals surface area contributed by atoms with Crippen molar-refractivity contribution < 1.29 is 4.79 Å². The zero-order chi connectivity index (χ0) is 16.4. The third-order valence-corrected chi connectivity index (χ3v) is 6.32. The largest absolute Gasteiger partial charge is 0.342 e. The lowest BCUT2D eigenvalue weighted by atomic mass is 9.64. The monoisotopic (exact) mass is 326 g/mol. The van der Waals surface area contributed by atoms with E-state index in [9.17, 15) is 4.79 Å². The fourth-order valence-electron chi connectivity index (χ4n) is 4.33. The number of hydrogen-bond acceptors (Lipinski definition) is 2. The van der Waals surface area contributed by atoms with Crippen molar-refractivity contribution in [3.05, 3.63) is 35.9 Å². The summed E-state index contributed by atoms with van der Waals surface area (Å²) in [5.41, 5.74) is 1.21. The summed E-state index contributed by atoms with van der Waals surface area (Å²) in [5.74, 6) is 1.37. The standard InChI is InChI=1S/C21H30N2O/c24-20(21(11-4-12-21)15-17-5-2-1-3-6-17)23-13-9-19(10-14-23)22-16-18-7-8-18/h1-3,5-6,18-19,22H,4,7-16H2. The molecule has 1 heterocycles.